The van der Waals surface area contributed by atoms with Crippen molar-refractivity contribution in [1.29, 1.82) is 0 Å². The van der Waals surface area contributed by atoms with Gasteiger partial charge in [-0.15, -0.1) is 0 Å². The number of ether oxygens (including phenoxy) is 2. The van der Waals surface area contributed by atoms with Gasteiger partial charge in [0, 0.05) is 25.1 Å². The van der Waals surface area contributed by atoms with Gasteiger partial charge in [-0.05, 0) is 18.6 Å². The van der Waals surface area contributed by atoms with E-state index in [-0.39, 0.29) is 11.8 Å². The third kappa shape index (κ3) is 5.42. The van der Waals surface area contributed by atoms with E-state index in [1.807, 2.05) is 6.92 Å². The molecule has 0 aliphatic heterocycles. The number of nitrogens with two attached hydrogens (primary N) is 1. The smallest absolute Gasteiger partial charge is 0.167 e. The van der Waals surface area contributed by atoms with Crippen LogP contribution in [0, 0.1) is 11.6 Å². The summed E-state index contributed by atoms with van der Waals surface area (Å²) in [5, 5.41) is 0. The van der Waals surface area contributed by atoms with Gasteiger partial charge >= 0.3 is 0 Å². The van der Waals surface area contributed by atoms with Crippen molar-refractivity contribution in [3.05, 3.63) is 29.8 Å². The normalized spacial score (nSPS) is 12.4. The lowest BCUT2D eigenvalue weighted by molar-refractivity contribution is 0.106. The summed E-state index contributed by atoms with van der Waals surface area (Å²) in [6.07, 6.45) is 1.50. The first-order chi connectivity index (χ1) is 8.63. The molecule has 18 heavy (non-hydrogen) atoms. The fourth-order valence-electron chi connectivity index (χ4n) is 1.29. The molecule has 1 rings (SSSR count). The molecule has 0 bridgehead atoms. The van der Waals surface area contributed by atoms with Crippen molar-refractivity contribution in [2.24, 2.45) is 5.73 Å². The molecule has 3 nitrogen and oxygen atoms in total. The summed E-state index contributed by atoms with van der Waals surface area (Å²) >= 11 is 0. The Labute approximate surface area is 106 Å². The van der Waals surface area contributed by atoms with Gasteiger partial charge in [0.1, 0.15) is 5.82 Å². The molecule has 0 heterocycles. The molecule has 0 spiro atoms. The van der Waals surface area contributed by atoms with Crippen LogP contribution in [0.5, 0.6) is 5.75 Å². The maximum atomic E-state index is 13.2. The summed E-state index contributed by atoms with van der Waals surface area (Å²) in [6.45, 7) is 3.34. The second-order valence-corrected chi connectivity index (χ2v) is 4.02. The lowest BCUT2D eigenvalue weighted by atomic mass is 10.3. The van der Waals surface area contributed by atoms with Gasteiger partial charge in [0.25, 0.3) is 0 Å². The molecule has 1 aromatic rings. The van der Waals surface area contributed by atoms with E-state index >= 15 is 0 Å². The maximum absolute atomic E-state index is 13.2. The Hall–Kier alpha value is -1.20. The molecule has 102 valence electrons. The average Bonchev–Trinajstić information content (AvgIpc) is 2.35. The molecule has 0 aromatic heterocycles. The first kappa shape index (κ1) is 14.9. The minimum atomic E-state index is -0.691. The third-order valence-corrected chi connectivity index (χ3v) is 2.44. The minimum Gasteiger partial charge on any atom is -0.490 e. The number of halogens is 2. The molecule has 0 amide bonds. The van der Waals surface area contributed by atoms with Gasteiger partial charge in [0.05, 0.1) is 13.2 Å². The second kappa shape index (κ2) is 8.00. The van der Waals surface area contributed by atoms with E-state index in [1.54, 1.807) is 0 Å². The Balaban J connectivity index is 2.14. The fraction of sp³-hybridized carbons (Fsp3) is 0.538. The molecule has 0 aliphatic rings. The monoisotopic (exact) mass is 259 g/mol. The lowest BCUT2D eigenvalue weighted by Crippen LogP contribution is -2.25. The Bertz CT molecular complexity index is 361. The van der Waals surface area contributed by atoms with Crippen molar-refractivity contribution in [2.75, 3.05) is 19.8 Å². The van der Waals surface area contributed by atoms with Crippen LogP contribution < -0.4 is 10.5 Å². The van der Waals surface area contributed by atoms with Crippen LogP contribution in [-0.4, -0.2) is 25.9 Å². The second-order valence-electron chi connectivity index (χ2n) is 4.02. The highest BCUT2D eigenvalue weighted by molar-refractivity contribution is 5.24. The van der Waals surface area contributed by atoms with Crippen molar-refractivity contribution >= 4 is 0 Å². The number of benzene rings is 1. The van der Waals surface area contributed by atoms with Gasteiger partial charge in [-0.25, -0.2) is 8.78 Å². The SMILES string of the molecule is CCC(N)COCCCOc1ccc(F)cc1F. The molecule has 0 saturated carbocycles. The molecule has 1 aromatic carbocycles. The molecule has 0 fully saturated rings. The van der Waals surface area contributed by atoms with Crippen molar-refractivity contribution in [1.82, 2.24) is 0 Å². The van der Waals surface area contributed by atoms with Crippen LogP contribution in [-0.2, 0) is 4.74 Å². The molecule has 2 N–H and O–H groups in total. The van der Waals surface area contributed by atoms with Crippen molar-refractivity contribution in [3.8, 4) is 5.75 Å². The molecular weight excluding hydrogens is 240 g/mol. The van der Waals surface area contributed by atoms with Gasteiger partial charge in [-0.2, -0.15) is 0 Å². The largest absolute Gasteiger partial charge is 0.490 e. The topological polar surface area (TPSA) is 44.5 Å². The average molecular weight is 259 g/mol. The van der Waals surface area contributed by atoms with E-state index in [4.69, 9.17) is 15.2 Å². The van der Waals surface area contributed by atoms with E-state index in [2.05, 4.69) is 0 Å². The summed E-state index contributed by atoms with van der Waals surface area (Å²) in [6, 6.07) is 3.29. The van der Waals surface area contributed by atoms with Crippen molar-refractivity contribution in [3.63, 3.8) is 0 Å². The highest BCUT2D eigenvalue weighted by Crippen LogP contribution is 2.17. The predicted molar refractivity (Wildman–Crippen MR) is 65.6 cm³/mol. The van der Waals surface area contributed by atoms with Gasteiger partial charge in [0.15, 0.2) is 11.6 Å². The van der Waals surface area contributed by atoms with Gasteiger partial charge < -0.3 is 15.2 Å². The van der Waals surface area contributed by atoms with E-state index in [9.17, 15) is 8.78 Å². The van der Waals surface area contributed by atoms with Crippen LogP contribution in [0.1, 0.15) is 19.8 Å². The molecule has 0 saturated heterocycles. The quantitative estimate of drug-likeness (QED) is 0.729. The number of hydrogen-bond acceptors (Lipinski definition) is 3. The standard InChI is InChI=1S/C13H19F2NO2/c1-2-11(16)9-17-6-3-7-18-13-5-4-10(14)8-12(13)15/h4-5,8,11H,2-3,6-7,9,16H2,1H3. The molecule has 0 radical (unpaired) electrons. The fourth-order valence-corrected chi connectivity index (χ4v) is 1.29. The van der Waals surface area contributed by atoms with Gasteiger partial charge in [-0.3, -0.25) is 0 Å². The molecule has 1 unspecified atom stereocenters. The zero-order valence-corrected chi connectivity index (χ0v) is 10.5. The Kier molecular flexibility index (Phi) is 6.60. The van der Waals surface area contributed by atoms with Crippen molar-refractivity contribution in [2.45, 2.75) is 25.8 Å². The van der Waals surface area contributed by atoms with Crippen LogP contribution in [0.3, 0.4) is 0 Å². The van der Waals surface area contributed by atoms with Crippen molar-refractivity contribution < 1.29 is 18.3 Å². The number of rotatable bonds is 8. The van der Waals surface area contributed by atoms with E-state index < -0.39 is 11.6 Å². The van der Waals surface area contributed by atoms with Gasteiger partial charge in [0.2, 0.25) is 0 Å². The highest BCUT2D eigenvalue weighted by Gasteiger charge is 2.04. The summed E-state index contributed by atoms with van der Waals surface area (Å²) in [5.41, 5.74) is 5.67. The summed E-state index contributed by atoms with van der Waals surface area (Å²) in [4.78, 5) is 0. The Morgan fingerprint density at radius 3 is 2.72 bits per heavy atom. The molecular formula is C13H19F2NO2. The predicted octanol–water partition coefficient (Wildman–Crippen LogP) is 2.49. The zero-order valence-electron chi connectivity index (χ0n) is 10.5. The highest BCUT2D eigenvalue weighted by atomic mass is 19.1. The molecule has 5 heteroatoms. The third-order valence-electron chi connectivity index (χ3n) is 2.44. The maximum Gasteiger partial charge on any atom is 0.167 e. The van der Waals surface area contributed by atoms with E-state index in [0.717, 1.165) is 18.6 Å². The molecule has 1 atom stereocenters. The first-order valence-corrected chi connectivity index (χ1v) is 6.04. The summed E-state index contributed by atoms with van der Waals surface area (Å²) in [5.74, 6) is -1.25. The summed E-state index contributed by atoms with van der Waals surface area (Å²) in [7, 11) is 0. The van der Waals surface area contributed by atoms with Gasteiger partial charge in [-0.1, -0.05) is 6.92 Å². The molecule has 0 aliphatic carbocycles. The lowest BCUT2D eigenvalue weighted by Gasteiger charge is -2.10. The summed E-state index contributed by atoms with van der Waals surface area (Å²) < 4.78 is 36.3. The Morgan fingerprint density at radius 1 is 1.28 bits per heavy atom. The van der Waals surface area contributed by atoms with E-state index in [1.165, 1.54) is 6.07 Å². The number of hydrogen-bond donors (Lipinski definition) is 1. The van der Waals surface area contributed by atoms with Crippen LogP contribution >= 0.6 is 0 Å². The van der Waals surface area contributed by atoms with Crippen LogP contribution in [0.4, 0.5) is 8.78 Å². The minimum absolute atomic E-state index is 0.0560. The van der Waals surface area contributed by atoms with Crippen LogP contribution in [0.15, 0.2) is 18.2 Å². The Morgan fingerprint density at radius 2 is 2.06 bits per heavy atom. The zero-order chi connectivity index (χ0) is 13.4. The van der Waals surface area contributed by atoms with E-state index in [0.29, 0.717) is 26.2 Å². The van der Waals surface area contributed by atoms with Crippen LogP contribution in [0.25, 0.3) is 0 Å². The van der Waals surface area contributed by atoms with Crippen LogP contribution in [0.2, 0.25) is 0 Å². The first-order valence-electron chi connectivity index (χ1n) is 6.04.